The molecule has 0 spiro atoms. The van der Waals surface area contributed by atoms with Gasteiger partial charge in [-0.1, -0.05) is 30.3 Å². The first-order valence-electron chi connectivity index (χ1n) is 11.1. The van der Waals surface area contributed by atoms with Gasteiger partial charge in [0.25, 0.3) is 10.0 Å². The highest BCUT2D eigenvalue weighted by atomic mass is 32.2. The van der Waals surface area contributed by atoms with Crippen LogP contribution < -0.4 is 4.31 Å². The summed E-state index contributed by atoms with van der Waals surface area (Å²) < 4.78 is 33.5. The Balaban J connectivity index is 1.53. The van der Waals surface area contributed by atoms with Crippen LogP contribution in [-0.2, 0) is 21.2 Å². The summed E-state index contributed by atoms with van der Waals surface area (Å²) in [5.41, 5.74) is 5.08. The molecule has 6 nitrogen and oxygen atoms in total. The monoisotopic (exact) mass is 477 g/mol. The third kappa shape index (κ3) is 4.35. The molecule has 0 amide bonds. The van der Waals surface area contributed by atoms with Crippen molar-refractivity contribution in [1.82, 2.24) is 0 Å². The van der Waals surface area contributed by atoms with Crippen molar-refractivity contribution in [2.24, 2.45) is 0 Å². The predicted octanol–water partition coefficient (Wildman–Crippen LogP) is 4.79. The molecule has 3 aromatic rings. The summed E-state index contributed by atoms with van der Waals surface area (Å²) in [7, 11) is -3.89. The van der Waals surface area contributed by atoms with Gasteiger partial charge in [0, 0.05) is 11.6 Å². The second kappa shape index (κ2) is 9.06. The zero-order chi connectivity index (χ0) is 24.6. The lowest BCUT2D eigenvalue weighted by Gasteiger charge is -2.24. The number of fused-ring (bicyclic) bond motifs is 1. The molecule has 176 valence electrons. The van der Waals surface area contributed by atoms with E-state index in [1.165, 1.54) is 28.6 Å². The van der Waals surface area contributed by atoms with Gasteiger partial charge in [0.15, 0.2) is 6.61 Å². The van der Waals surface area contributed by atoms with Gasteiger partial charge in [-0.2, -0.15) is 0 Å². The van der Waals surface area contributed by atoms with Gasteiger partial charge in [0.1, 0.15) is 0 Å². The molecule has 1 atom stereocenters. The lowest BCUT2D eigenvalue weighted by atomic mass is 9.98. The zero-order valence-electron chi connectivity index (χ0n) is 19.7. The van der Waals surface area contributed by atoms with Crippen LogP contribution in [0, 0.1) is 20.8 Å². The first-order chi connectivity index (χ1) is 16.1. The number of rotatable bonds is 6. The molecule has 3 aromatic carbocycles. The van der Waals surface area contributed by atoms with E-state index in [9.17, 15) is 18.0 Å². The Labute approximate surface area is 200 Å². The van der Waals surface area contributed by atoms with Crippen molar-refractivity contribution in [1.29, 1.82) is 0 Å². The van der Waals surface area contributed by atoms with Gasteiger partial charge >= 0.3 is 5.97 Å². The number of ketones is 1. The number of esters is 1. The molecule has 1 aliphatic rings. The largest absolute Gasteiger partial charge is 0.454 e. The Kier molecular flexibility index (Phi) is 6.32. The Bertz CT molecular complexity index is 1390. The number of para-hydroxylation sites is 1. The maximum atomic E-state index is 13.5. The zero-order valence-corrected chi connectivity index (χ0v) is 20.5. The number of aryl methyl sites for hydroxylation is 3. The third-order valence-corrected chi connectivity index (χ3v) is 8.17. The molecular weight excluding hydrogens is 450 g/mol. The average molecular weight is 478 g/mol. The minimum Gasteiger partial charge on any atom is -0.454 e. The molecule has 0 radical (unpaired) electrons. The normalized spacial score (nSPS) is 15.2. The van der Waals surface area contributed by atoms with Crippen molar-refractivity contribution in [2.45, 2.75) is 45.1 Å². The molecule has 7 heteroatoms. The second-order valence-corrected chi connectivity index (χ2v) is 10.6. The van der Waals surface area contributed by atoms with Crippen LogP contribution >= 0.6 is 0 Å². The lowest BCUT2D eigenvalue weighted by Crippen LogP contribution is -2.35. The van der Waals surface area contributed by atoms with Crippen LogP contribution in [0.25, 0.3) is 0 Å². The maximum absolute atomic E-state index is 13.5. The van der Waals surface area contributed by atoms with Crippen molar-refractivity contribution in [3.63, 3.8) is 0 Å². The molecule has 0 fully saturated rings. The highest BCUT2D eigenvalue weighted by Crippen LogP contribution is 2.36. The van der Waals surface area contributed by atoms with Crippen molar-refractivity contribution in [3.05, 3.63) is 94.0 Å². The van der Waals surface area contributed by atoms with E-state index in [0.717, 1.165) is 22.3 Å². The van der Waals surface area contributed by atoms with Crippen molar-refractivity contribution < 1.29 is 22.7 Å². The van der Waals surface area contributed by atoms with Gasteiger partial charge in [-0.05, 0) is 86.7 Å². The number of sulfonamides is 1. The molecule has 34 heavy (non-hydrogen) atoms. The van der Waals surface area contributed by atoms with Gasteiger partial charge in [0.2, 0.25) is 5.78 Å². The molecule has 0 bridgehead atoms. The second-order valence-electron chi connectivity index (χ2n) is 8.76. The standard InChI is InChI=1S/C27H27NO5S/c1-17-12-19(3)24(13-18(17)2)26(29)16-33-27(30)22-9-7-10-23(15-22)34(31,32)28-20(4)14-21-8-5-6-11-25(21)28/h5-13,15,20H,14,16H2,1-4H3. The van der Waals surface area contributed by atoms with Gasteiger partial charge in [-0.3, -0.25) is 9.10 Å². The molecule has 0 saturated carbocycles. The van der Waals surface area contributed by atoms with Crippen LogP contribution in [0.4, 0.5) is 5.69 Å². The number of hydrogen-bond donors (Lipinski definition) is 0. The molecule has 1 unspecified atom stereocenters. The highest BCUT2D eigenvalue weighted by molar-refractivity contribution is 7.92. The summed E-state index contributed by atoms with van der Waals surface area (Å²) in [5, 5.41) is 0. The van der Waals surface area contributed by atoms with Crippen molar-refractivity contribution >= 4 is 27.5 Å². The number of carbonyl (C=O) groups is 2. The van der Waals surface area contributed by atoms with Gasteiger partial charge in [-0.15, -0.1) is 0 Å². The third-order valence-electron chi connectivity index (χ3n) is 6.25. The number of benzene rings is 3. The number of hydrogen-bond acceptors (Lipinski definition) is 5. The van der Waals surface area contributed by atoms with Crippen molar-refractivity contribution in [3.8, 4) is 0 Å². The lowest BCUT2D eigenvalue weighted by molar-refractivity contribution is 0.0474. The van der Waals surface area contributed by atoms with Crippen molar-refractivity contribution in [2.75, 3.05) is 10.9 Å². The smallest absolute Gasteiger partial charge is 0.338 e. The van der Waals surface area contributed by atoms with E-state index < -0.39 is 22.6 Å². The van der Waals surface area contributed by atoms with Gasteiger partial charge in [0.05, 0.1) is 16.1 Å². The number of anilines is 1. The number of carbonyl (C=O) groups excluding carboxylic acids is 2. The van der Waals surface area contributed by atoms with E-state index >= 15 is 0 Å². The van der Waals surface area contributed by atoms with E-state index in [1.807, 2.05) is 45.9 Å². The molecule has 0 aromatic heterocycles. The minimum atomic E-state index is -3.89. The fourth-order valence-electron chi connectivity index (χ4n) is 4.35. The number of ether oxygens (including phenoxy) is 1. The number of nitrogens with zero attached hydrogens (tertiary/aromatic N) is 1. The van der Waals surface area contributed by atoms with E-state index in [0.29, 0.717) is 17.7 Å². The summed E-state index contributed by atoms with van der Waals surface area (Å²) >= 11 is 0. The summed E-state index contributed by atoms with van der Waals surface area (Å²) in [4.78, 5) is 25.3. The first kappa shape index (κ1) is 23.7. The fourth-order valence-corrected chi connectivity index (χ4v) is 6.09. The highest BCUT2D eigenvalue weighted by Gasteiger charge is 2.36. The van der Waals surface area contributed by atoms with Crippen LogP contribution in [0.15, 0.2) is 65.6 Å². The van der Waals surface area contributed by atoms with E-state index in [-0.39, 0.29) is 22.3 Å². The van der Waals surface area contributed by atoms with E-state index in [2.05, 4.69) is 0 Å². The predicted molar refractivity (Wildman–Crippen MR) is 131 cm³/mol. The molecule has 0 N–H and O–H groups in total. The molecule has 4 rings (SSSR count). The van der Waals surface area contributed by atoms with Crippen LogP contribution in [0.5, 0.6) is 0 Å². The van der Waals surface area contributed by atoms with Crippen LogP contribution in [0.2, 0.25) is 0 Å². The summed E-state index contributed by atoms with van der Waals surface area (Å²) in [6.07, 6.45) is 0.622. The summed E-state index contributed by atoms with van der Waals surface area (Å²) in [6, 6.07) is 16.6. The van der Waals surface area contributed by atoms with Crippen LogP contribution in [0.3, 0.4) is 0 Å². The number of Topliss-reactive ketones (excluding diaryl/α,β-unsaturated/α-hetero) is 1. The minimum absolute atomic E-state index is 0.00170. The SMILES string of the molecule is Cc1cc(C)c(C(=O)COC(=O)c2cccc(S(=O)(=O)N3c4ccccc4CC3C)c2)cc1C. The summed E-state index contributed by atoms with van der Waals surface area (Å²) in [5.74, 6) is -1.05. The Morgan fingerprint density at radius 3 is 2.41 bits per heavy atom. The maximum Gasteiger partial charge on any atom is 0.338 e. The van der Waals surface area contributed by atoms with Gasteiger partial charge < -0.3 is 4.74 Å². The Morgan fingerprint density at radius 2 is 1.65 bits per heavy atom. The Morgan fingerprint density at radius 1 is 0.941 bits per heavy atom. The van der Waals surface area contributed by atoms with Crippen LogP contribution in [-0.4, -0.2) is 32.8 Å². The topological polar surface area (TPSA) is 80.8 Å². The molecule has 1 aliphatic heterocycles. The fraction of sp³-hybridized carbons (Fsp3) is 0.259. The molecular formula is C27H27NO5S. The summed E-state index contributed by atoms with van der Waals surface area (Å²) in [6.45, 7) is 7.17. The Hall–Kier alpha value is -3.45. The quantitative estimate of drug-likeness (QED) is 0.377. The van der Waals surface area contributed by atoms with E-state index in [1.54, 1.807) is 18.2 Å². The average Bonchev–Trinajstić information content (AvgIpc) is 3.16. The molecule has 0 aliphatic carbocycles. The van der Waals surface area contributed by atoms with Crippen LogP contribution in [0.1, 0.15) is 49.9 Å². The first-order valence-corrected chi connectivity index (χ1v) is 12.5. The van der Waals surface area contributed by atoms with Gasteiger partial charge in [-0.25, -0.2) is 13.2 Å². The molecule has 1 heterocycles. The molecule has 0 saturated heterocycles. The van der Waals surface area contributed by atoms with E-state index in [4.69, 9.17) is 4.74 Å².